The maximum atomic E-state index is 6.00. The van der Waals surface area contributed by atoms with Crippen molar-refractivity contribution >= 4 is 0 Å². The topological polar surface area (TPSA) is 30.3 Å². The lowest BCUT2D eigenvalue weighted by molar-refractivity contribution is 0.125. The fourth-order valence-electron chi connectivity index (χ4n) is 3.27. The molecule has 0 spiro atoms. The van der Waals surface area contributed by atoms with E-state index in [1.165, 1.54) is 30.5 Å². The van der Waals surface area contributed by atoms with Crippen molar-refractivity contribution in [3.63, 3.8) is 0 Å². The van der Waals surface area contributed by atoms with Crippen LogP contribution in [0.3, 0.4) is 0 Å². The number of piperidine rings is 1. The van der Waals surface area contributed by atoms with Crippen LogP contribution < -0.4 is 4.74 Å². The molecule has 1 aliphatic heterocycles. The van der Waals surface area contributed by atoms with Crippen LogP contribution in [0.2, 0.25) is 0 Å². The van der Waals surface area contributed by atoms with Crippen LogP contribution in [-0.2, 0) is 13.1 Å². The first-order valence-electron chi connectivity index (χ1n) is 8.66. The van der Waals surface area contributed by atoms with Crippen LogP contribution in [0.4, 0.5) is 0 Å². The van der Waals surface area contributed by atoms with Gasteiger partial charge < -0.3 is 4.74 Å². The fourth-order valence-corrected chi connectivity index (χ4v) is 3.27. The number of rotatable bonds is 6. The van der Waals surface area contributed by atoms with Gasteiger partial charge in [0.05, 0.1) is 12.8 Å². The molecule has 0 N–H and O–H groups in total. The Balaban J connectivity index is 1.49. The Morgan fingerprint density at radius 3 is 3.04 bits per heavy atom. The maximum absolute atomic E-state index is 6.00. The van der Waals surface area contributed by atoms with Crippen LogP contribution in [0, 0.1) is 12.8 Å². The SMILES string of the molecule is CCn1cc(CN2CCC[C@@H](COc3cccc(C)c3)C2)cn1. The highest BCUT2D eigenvalue weighted by atomic mass is 16.5. The molecular formula is C19H27N3O. The number of benzene rings is 1. The average Bonchev–Trinajstić information content (AvgIpc) is 3.01. The van der Waals surface area contributed by atoms with E-state index >= 15 is 0 Å². The second kappa shape index (κ2) is 7.64. The van der Waals surface area contributed by atoms with E-state index in [2.05, 4.69) is 48.2 Å². The number of likely N-dealkylation sites (tertiary alicyclic amines) is 1. The minimum absolute atomic E-state index is 0.616. The van der Waals surface area contributed by atoms with Gasteiger partial charge in [0.15, 0.2) is 0 Å². The third kappa shape index (κ3) is 4.58. The molecule has 2 heterocycles. The normalized spacial score (nSPS) is 19.0. The van der Waals surface area contributed by atoms with E-state index in [1.54, 1.807) is 0 Å². The van der Waals surface area contributed by atoms with Crippen LogP contribution in [0.5, 0.6) is 5.75 Å². The van der Waals surface area contributed by atoms with Gasteiger partial charge in [0.1, 0.15) is 5.75 Å². The molecule has 4 heteroatoms. The summed E-state index contributed by atoms with van der Waals surface area (Å²) in [6, 6.07) is 8.32. The highest BCUT2D eigenvalue weighted by Gasteiger charge is 2.21. The molecule has 4 nitrogen and oxygen atoms in total. The minimum atomic E-state index is 0.616. The van der Waals surface area contributed by atoms with Gasteiger partial charge in [-0.3, -0.25) is 9.58 Å². The van der Waals surface area contributed by atoms with Crippen molar-refractivity contribution in [2.24, 2.45) is 5.92 Å². The first-order valence-corrected chi connectivity index (χ1v) is 8.66. The molecular weight excluding hydrogens is 286 g/mol. The van der Waals surface area contributed by atoms with Crippen LogP contribution in [0.1, 0.15) is 30.9 Å². The molecule has 23 heavy (non-hydrogen) atoms. The number of nitrogens with zero attached hydrogens (tertiary/aromatic N) is 3. The first-order chi connectivity index (χ1) is 11.2. The van der Waals surface area contributed by atoms with Crippen molar-refractivity contribution in [1.82, 2.24) is 14.7 Å². The van der Waals surface area contributed by atoms with E-state index in [9.17, 15) is 0 Å². The van der Waals surface area contributed by atoms with Gasteiger partial charge >= 0.3 is 0 Å². The Labute approximate surface area is 139 Å². The number of hydrogen-bond donors (Lipinski definition) is 0. The number of ether oxygens (including phenoxy) is 1. The van der Waals surface area contributed by atoms with Crippen molar-refractivity contribution in [3.8, 4) is 5.75 Å². The van der Waals surface area contributed by atoms with Crippen LogP contribution in [0.15, 0.2) is 36.7 Å². The standard InChI is InChI=1S/C19H27N3O/c1-3-22-14-18(11-20-22)13-21-9-5-7-17(12-21)15-23-19-8-4-6-16(2)10-19/h4,6,8,10-11,14,17H,3,5,7,9,12-13,15H2,1-2H3/t17-/m1/s1. The summed E-state index contributed by atoms with van der Waals surface area (Å²) in [7, 11) is 0. The molecule has 0 saturated carbocycles. The van der Waals surface area contributed by atoms with E-state index in [4.69, 9.17) is 4.74 Å². The summed E-state index contributed by atoms with van der Waals surface area (Å²) < 4.78 is 8.00. The summed E-state index contributed by atoms with van der Waals surface area (Å²) in [6.45, 7) is 9.27. The van der Waals surface area contributed by atoms with Gasteiger partial charge in [-0.1, -0.05) is 12.1 Å². The molecule has 1 aliphatic rings. The number of hydrogen-bond acceptors (Lipinski definition) is 3. The predicted octanol–water partition coefficient (Wildman–Crippen LogP) is 3.50. The average molecular weight is 313 g/mol. The maximum Gasteiger partial charge on any atom is 0.119 e. The van der Waals surface area contributed by atoms with E-state index in [-0.39, 0.29) is 0 Å². The van der Waals surface area contributed by atoms with E-state index in [0.29, 0.717) is 5.92 Å². The minimum Gasteiger partial charge on any atom is -0.493 e. The third-order valence-corrected chi connectivity index (χ3v) is 4.50. The molecule has 3 rings (SSSR count). The van der Waals surface area contributed by atoms with Crippen molar-refractivity contribution < 1.29 is 4.74 Å². The van der Waals surface area contributed by atoms with Crippen LogP contribution in [-0.4, -0.2) is 34.4 Å². The predicted molar refractivity (Wildman–Crippen MR) is 92.6 cm³/mol. The van der Waals surface area contributed by atoms with Gasteiger partial charge in [0, 0.05) is 37.3 Å². The molecule has 2 aromatic rings. The van der Waals surface area contributed by atoms with Gasteiger partial charge in [0.25, 0.3) is 0 Å². The molecule has 0 radical (unpaired) electrons. The lowest BCUT2D eigenvalue weighted by Gasteiger charge is -2.32. The summed E-state index contributed by atoms with van der Waals surface area (Å²) in [4.78, 5) is 2.53. The van der Waals surface area contributed by atoms with Gasteiger partial charge in [-0.05, 0) is 50.9 Å². The van der Waals surface area contributed by atoms with E-state index in [0.717, 1.165) is 32.0 Å². The van der Waals surface area contributed by atoms with Gasteiger partial charge in [-0.2, -0.15) is 5.10 Å². The second-order valence-electron chi connectivity index (χ2n) is 6.58. The van der Waals surface area contributed by atoms with E-state index in [1.807, 2.05) is 16.9 Å². The summed E-state index contributed by atoms with van der Waals surface area (Å²) >= 11 is 0. The Kier molecular flexibility index (Phi) is 5.34. The first kappa shape index (κ1) is 16.1. The Morgan fingerprint density at radius 1 is 1.35 bits per heavy atom. The monoisotopic (exact) mass is 313 g/mol. The van der Waals surface area contributed by atoms with Crippen molar-refractivity contribution in [1.29, 1.82) is 0 Å². The zero-order valence-corrected chi connectivity index (χ0v) is 14.2. The summed E-state index contributed by atoms with van der Waals surface area (Å²) in [5.74, 6) is 1.61. The molecule has 1 fully saturated rings. The van der Waals surface area contributed by atoms with Gasteiger partial charge in [-0.25, -0.2) is 0 Å². The Hall–Kier alpha value is -1.81. The number of aryl methyl sites for hydroxylation is 2. The highest BCUT2D eigenvalue weighted by Crippen LogP contribution is 2.20. The number of aromatic nitrogens is 2. The second-order valence-corrected chi connectivity index (χ2v) is 6.58. The molecule has 0 unspecified atom stereocenters. The Morgan fingerprint density at radius 2 is 2.26 bits per heavy atom. The molecule has 124 valence electrons. The van der Waals surface area contributed by atoms with Crippen LogP contribution in [0.25, 0.3) is 0 Å². The molecule has 1 atom stereocenters. The quantitative estimate of drug-likeness (QED) is 0.817. The zero-order chi connectivity index (χ0) is 16.1. The largest absolute Gasteiger partial charge is 0.493 e. The molecule has 0 bridgehead atoms. The van der Waals surface area contributed by atoms with Crippen molar-refractivity contribution in [3.05, 3.63) is 47.8 Å². The molecule has 0 amide bonds. The summed E-state index contributed by atoms with van der Waals surface area (Å²) in [6.07, 6.45) is 6.67. The van der Waals surface area contributed by atoms with Gasteiger partial charge in [0.2, 0.25) is 0 Å². The van der Waals surface area contributed by atoms with E-state index < -0.39 is 0 Å². The summed E-state index contributed by atoms with van der Waals surface area (Å²) in [5, 5.41) is 4.37. The van der Waals surface area contributed by atoms with Crippen LogP contribution >= 0.6 is 0 Å². The lowest BCUT2D eigenvalue weighted by Crippen LogP contribution is -2.37. The molecule has 0 aliphatic carbocycles. The highest BCUT2D eigenvalue weighted by molar-refractivity contribution is 5.27. The molecule has 1 aromatic carbocycles. The smallest absolute Gasteiger partial charge is 0.119 e. The van der Waals surface area contributed by atoms with Gasteiger partial charge in [-0.15, -0.1) is 0 Å². The fraction of sp³-hybridized carbons (Fsp3) is 0.526. The Bertz CT molecular complexity index is 623. The van der Waals surface area contributed by atoms with Crippen molar-refractivity contribution in [2.45, 2.75) is 39.8 Å². The van der Waals surface area contributed by atoms with Crippen molar-refractivity contribution in [2.75, 3.05) is 19.7 Å². The zero-order valence-electron chi connectivity index (χ0n) is 14.2. The molecule has 1 aromatic heterocycles. The lowest BCUT2D eigenvalue weighted by atomic mass is 9.98. The third-order valence-electron chi connectivity index (χ3n) is 4.50. The summed E-state index contributed by atoms with van der Waals surface area (Å²) in [5.41, 5.74) is 2.56. The molecule has 1 saturated heterocycles.